The second-order valence-electron chi connectivity index (χ2n) is 4.25. The summed E-state index contributed by atoms with van der Waals surface area (Å²) in [6.45, 7) is 0. The summed E-state index contributed by atoms with van der Waals surface area (Å²) in [6.07, 6.45) is 0.860. The molecule has 2 aromatic rings. The Labute approximate surface area is 109 Å². The molecule has 1 aliphatic carbocycles. The Bertz CT molecular complexity index is 589. The Morgan fingerprint density at radius 1 is 0.941 bits per heavy atom. The van der Waals surface area contributed by atoms with Crippen molar-refractivity contribution in [2.24, 2.45) is 0 Å². The van der Waals surface area contributed by atoms with Gasteiger partial charge in [0.1, 0.15) is 0 Å². The van der Waals surface area contributed by atoms with Crippen LogP contribution >= 0.6 is 15.9 Å². The molecule has 0 aromatic heterocycles. The number of ketones is 1. The third-order valence-corrected chi connectivity index (χ3v) is 4.02. The predicted molar refractivity (Wildman–Crippen MR) is 71.7 cm³/mol. The molecule has 0 aliphatic heterocycles. The van der Waals surface area contributed by atoms with Crippen LogP contribution in [0.25, 0.3) is 0 Å². The van der Waals surface area contributed by atoms with E-state index in [9.17, 15) is 4.79 Å². The SMILES string of the molecule is O=C1c2ccccc2CC(Br)c2ccccc21. The van der Waals surface area contributed by atoms with Gasteiger partial charge in [-0.15, -0.1) is 0 Å². The van der Waals surface area contributed by atoms with Crippen LogP contribution in [0, 0.1) is 0 Å². The highest BCUT2D eigenvalue weighted by Gasteiger charge is 2.24. The van der Waals surface area contributed by atoms with Crippen LogP contribution in [0.4, 0.5) is 0 Å². The lowest BCUT2D eigenvalue weighted by molar-refractivity contribution is 0.103. The summed E-state index contributed by atoms with van der Waals surface area (Å²) in [5.74, 6) is 0.137. The largest absolute Gasteiger partial charge is 0.289 e. The third-order valence-electron chi connectivity index (χ3n) is 3.20. The van der Waals surface area contributed by atoms with Crippen molar-refractivity contribution in [1.82, 2.24) is 0 Å². The van der Waals surface area contributed by atoms with Crippen LogP contribution in [0.1, 0.15) is 31.9 Å². The van der Waals surface area contributed by atoms with E-state index in [0.29, 0.717) is 0 Å². The summed E-state index contributed by atoms with van der Waals surface area (Å²) in [4.78, 5) is 12.7. The van der Waals surface area contributed by atoms with Crippen LogP contribution in [-0.2, 0) is 6.42 Å². The first-order chi connectivity index (χ1) is 8.27. The van der Waals surface area contributed by atoms with Crippen LogP contribution in [-0.4, -0.2) is 5.78 Å². The van der Waals surface area contributed by atoms with E-state index < -0.39 is 0 Å². The topological polar surface area (TPSA) is 17.1 Å². The van der Waals surface area contributed by atoms with Crippen molar-refractivity contribution in [3.63, 3.8) is 0 Å². The van der Waals surface area contributed by atoms with Gasteiger partial charge in [-0.1, -0.05) is 64.5 Å². The van der Waals surface area contributed by atoms with Crippen molar-refractivity contribution in [3.8, 4) is 0 Å². The van der Waals surface area contributed by atoms with E-state index in [4.69, 9.17) is 0 Å². The van der Waals surface area contributed by atoms with Crippen LogP contribution in [0.3, 0.4) is 0 Å². The van der Waals surface area contributed by atoms with Gasteiger partial charge >= 0.3 is 0 Å². The van der Waals surface area contributed by atoms with Crippen LogP contribution in [0.15, 0.2) is 48.5 Å². The quantitative estimate of drug-likeness (QED) is 0.671. The summed E-state index contributed by atoms with van der Waals surface area (Å²) in [5.41, 5.74) is 3.87. The lowest BCUT2D eigenvalue weighted by Crippen LogP contribution is -2.03. The van der Waals surface area contributed by atoms with Gasteiger partial charge in [-0.2, -0.15) is 0 Å². The zero-order valence-corrected chi connectivity index (χ0v) is 10.8. The number of rotatable bonds is 0. The van der Waals surface area contributed by atoms with Gasteiger partial charge in [0.15, 0.2) is 5.78 Å². The number of carbonyl (C=O) groups excluding carboxylic acids is 1. The van der Waals surface area contributed by atoms with E-state index in [0.717, 1.165) is 28.7 Å². The first-order valence-corrected chi connectivity index (χ1v) is 6.54. The molecule has 1 atom stereocenters. The molecule has 0 saturated heterocycles. The van der Waals surface area contributed by atoms with Crippen LogP contribution < -0.4 is 0 Å². The van der Waals surface area contributed by atoms with Gasteiger partial charge in [-0.25, -0.2) is 0 Å². The molecule has 84 valence electrons. The number of alkyl halides is 1. The highest BCUT2D eigenvalue weighted by molar-refractivity contribution is 9.09. The molecule has 0 amide bonds. The van der Waals surface area contributed by atoms with Gasteiger partial charge in [0.05, 0.1) is 0 Å². The summed E-state index contributed by atoms with van der Waals surface area (Å²) >= 11 is 3.68. The Hall–Kier alpha value is -1.41. The molecular weight excluding hydrogens is 276 g/mol. The number of fused-ring (bicyclic) bond motifs is 2. The molecular formula is C15H11BrO. The normalized spacial score (nSPS) is 18.2. The van der Waals surface area contributed by atoms with Crippen molar-refractivity contribution in [2.45, 2.75) is 11.2 Å². The minimum atomic E-state index is 0.137. The summed E-state index contributed by atoms with van der Waals surface area (Å²) < 4.78 is 0. The molecule has 2 heteroatoms. The molecule has 1 aliphatic rings. The standard InChI is InChI=1S/C15H11BrO/c16-14-9-10-5-1-2-6-11(10)15(17)13-8-4-3-7-12(13)14/h1-8,14H,9H2. The molecule has 2 aromatic carbocycles. The number of halogens is 1. The average Bonchev–Trinajstić information content (AvgIpc) is 2.48. The fraction of sp³-hybridized carbons (Fsp3) is 0.133. The molecule has 0 heterocycles. The smallest absolute Gasteiger partial charge is 0.193 e. The number of hydrogen-bond acceptors (Lipinski definition) is 1. The molecule has 0 N–H and O–H groups in total. The summed E-state index contributed by atoms with van der Waals surface area (Å²) in [5, 5.41) is 0. The second-order valence-corrected chi connectivity index (χ2v) is 5.35. The number of hydrogen-bond donors (Lipinski definition) is 0. The van der Waals surface area contributed by atoms with Gasteiger partial charge in [-0.05, 0) is 17.5 Å². The van der Waals surface area contributed by atoms with E-state index in [1.165, 1.54) is 0 Å². The Kier molecular flexibility index (Phi) is 2.60. The van der Waals surface area contributed by atoms with Crippen molar-refractivity contribution in [1.29, 1.82) is 0 Å². The summed E-state index contributed by atoms with van der Waals surface area (Å²) in [7, 11) is 0. The summed E-state index contributed by atoms with van der Waals surface area (Å²) in [6, 6.07) is 15.7. The van der Waals surface area contributed by atoms with E-state index in [2.05, 4.69) is 15.9 Å². The zero-order valence-electron chi connectivity index (χ0n) is 9.19. The first-order valence-electron chi connectivity index (χ1n) is 5.63. The second kappa shape index (κ2) is 4.11. The third kappa shape index (κ3) is 1.73. The monoisotopic (exact) mass is 286 g/mol. The highest BCUT2D eigenvalue weighted by atomic mass is 79.9. The highest BCUT2D eigenvalue weighted by Crippen LogP contribution is 2.35. The first kappa shape index (κ1) is 10.7. The van der Waals surface area contributed by atoms with Gasteiger partial charge in [-0.3, -0.25) is 4.79 Å². The molecule has 3 rings (SSSR count). The molecule has 1 nitrogen and oxygen atoms in total. The van der Waals surface area contributed by atoms with Crippen molar-refractivity contribution >= 4 is 21.7 Å². The maximum atomic E-state index is 12.5. The Morgan fingerprint density at radius 3 is 2.41 bits per heavy atom. The van der Waals surface area contributed by atoms with Crippen molar-refractivity contribution in [3.05, 3.63) is 70.8 Å². The van der Waals surface area contributed by atoms with Gasteiger partial charge in [0.2, 0.25) is 0 Å². The lowest BCUT2D eigenvalue weighted by atomic mass is 9.99. The molecule has 17 heavy (non-hydrogen) atoms. The van der Waals surface area contributed by atoms with Crippen molar-refractivity contribution < 1.29 is 4.79 Å². The minimum absolute atomic E-state index is 0.137. The number of benzene rings is 2. The maximum Gasteiger partial charge on any atom is 0.193 e. The molecule has 0 radical (unpaired) electrons. The minimum Gasteiger partial charge on any atom is -0.289 e. The van der Waals surface area contributed by atoms with Crippen molar-refractivity contribution in [2.75, 3.05) is 0 Å². The van der Waals surface area contributed by atoms with E-state index >= 15 is 0 Å². The molecule has 0 spiro atoms. The zero-order chi connectivity index (χ0) is 11.8. The predicted octanol–water partition coefficient (Wildman–Crippen LogP) is 3.91. The van der Waals surface area contributed by atoms with E-state index in [1.54, 1.807) is 0 Å². The fourth-order valence-electron chi connectivity index (χ4n) is 2.34. The molecule has 0 saturated carbocycles. The van der Waals surface area contributed by atoms with Gasteiger partial charge in [0, 0.05) is 16.0 Å². The van der Waals surface area contributed by atoms with E-state index in [1.807, 2.05) is 48.5 Å². The molecule has 0 bridgehead atoms. The lowest BCUT2D eigenvalue weighted by Gasteiger charge is -2.09. The number of carbonyl (C=O) groups is 1. The Morgan fingerprint density at radius 2 is 1.59 bits per heavy atom. The van der Waals surface area contributed by atoms with E-state index in [-0.39, 0.29) is 10.6 Å². The fourth-order valence-corrected chi connectivity index (χ4v) is 3.09. The van der Waals surface area contributed by atoms with Gasteiger partial charge in [0.25, 0.3) is 0 Å². The maximum absolute atomic E-state index is 12.5. The van der Waals surface area contributed by atoms with Crippen LogP contribution in [0.5, 0.6) is 0 Å². The molecule has 0 fully saturated rings. The average molecular weight is 287 g/mol. The van der Waals surface area contributed by atoms with Crippen LogP contribution in [0.2, 0.25) is 0 Å². The Balaban J connectivity index is 2.26. The van der Waals surface area contributed by atoms with Gasteiger partial charge < -0.3 is 0 Å². The molecule has 1 unspecified atom stereocenters.